The number of rotatable bonds is 23. The Kier molecular flexibility index (Phi) is 17.3. The molecule has 0 aromatic heterocycles. The zero-order chi connectivity index (χ0) is 34.7. The lowest BCUT2D eigenvalue weighted by molar-refractivity contribution is -0.253. The van der Waals surface area contributed by atoms with E-state index in [1.54, 1.807) is 30.3 Å². The molecule has 1 aliphatic rings. The minimum absolute atomic E-state index is 0.00110. The van der Waals surface area contributed by atoms with Crippen LogP contribution in [-0.4, -0.2) is 44.2 Å². The molecule has 3 aromatic carbocycles. The minimum atomic E-state index is -3.60. The van der Waals surface area contributed by atoms with Crippen LogP contribution in [-0.2, 0) is 32.6 Å². The molecule has 1 saturated heterocycles. The van der Waals surface area contributed by atoms with Crippen molar-refractivity contribution in [1.29, 1.82) is 0 Å². The summed E-state index contributed by atoms with van der Waals surface area (Å²) >= 11 is 0. The fourth-order valence-corrected chi connectivity index (χ4v) is 7.54. The third-order valence-corrected chi connectivity index (χ3v) is 10.9. The number of aliphatic hydroxyl groups is 1. The van der Waals surface area contributed by atoms with Crippen molar-refractivity contribution in [2.75, 3.05) is 19.6 Å². The van der Waals surface area contributed by atoms with E-state index >= 15 is 0 Å². The normalized spacial score (nSPS) is 18.2. The number of hydrogen-bond donors (Lipinski definition) is 2. The smallest absolute Gasteiger partial charge is 0.240 e. The van der Waals surface area contributed by atoms with Crippen LogP contribution < -0.4 is 4.72 Å². The van der Waals surface area contributed by atoms with Gasteiger partial charge in [-0.1, -0.05) is 145 Å². The van der Waals surface area contributed by atoms with Gasteiger partial charge in [0, 0.05) is 25.1 Å². The Morgan fingerprint density at radius 1 is 0.694 bits per heavy atom. The van der Waals surface area contributed by atoms with Crippen molar-refractivity contribution in [2.24, 2.45) is 0 Å². The first-order chi connectivity index (χ1) is 23.9. The molecule has 3 atom stereocenters. The molecule has 0 radical (unpaired) electrons. The number of sulfonamides is 1. The van der Waals surface area contributed by atoms with Crippen LogP contribution in [0.1, 0.15) is 132 Å². The first kappa shape index (κ1) is 39.2. The highest BCUT2D eigenvalue weighted by Gasteiger charge is 2.33. The quantitative estimate of drug-likeness (QED) is 0.0964. The zero-order valence-electron chi connectivity index (χ0n) is 29.9. The monoisotopic (exact) mass is 692 g/mol. The number of ether oxygens (including phenoxy) is 2. The highest BCUT2D eigenvalue weighted by atomic mass is 32.2. The summed E-state index contributed by atoms with van der Waals surface area (Å²) in [5.41, 5.74) is 3.73. The molecule has 4 rings (SSSR count). The van der Waals surface area contributed by atoms with Crippen LogP contribution in [0.15, 0.2) is 83.8 Å². The van der Waals surface area contributed by atoms with Crippen LogP contribution in [0.25, 0.3) is 0 Å². The Hall–Kier alpha value is -2.59. The molecule has 1 aliphatic heterocycles. The van der Waals surface area contributed by atoms with Crippen LogP contribution in [0.4, 0.5) is 0 Å². The van der Waals surface area contributed by atoms with E-state index in [0.29, 0.717) is 0 Å². The molecule has 7 nitrogen and oxygen atoms in total. The van der Waals surface area contributed by atoms with Gasteiger partial charge in [0.2, 0.25) is 10.0 Å². The summed E-state index contributed by atoms with van der Waals surface area (Å²) in [6.07, 6.45) is 15.5. The summed E-state index contributed by atoms with van der Waals surface area (Å²) in [7, 11) is -3.60. The second-order valence-electron chi connectivity index (χ2n) is 13.6. The predicted molar refractivity (Wildman–Crippen MR) is 199 cm³/mol. The summed E-state index contributed by atoms with van der Waals surface area (Å²) in [4.78, 5) is 2.88. The molecule has 3 unspecified atom stereocenters. The molecule has 1 fully saturated rings. The predicted octanol–water partition coefficient (Wildman–Crippen LogP) is 9.23. The van der Waals surface area contributed by atoms with Gasteiger partial charge in [-0.2, -0.15) is 0 Å². The molecule has 3 aromatic rings. The summed E-state index contributed by atoms with van der Waals surface area (Å²) < 4.78 is 41.5. The first-order valence-corrected chi connectivity index (χ1v) is 20.3. The van der Waals surface area contributed by atoms with Gasteiger partial charge in [0.15, 0.2) is 6.29 Å². The molecule has 270 valence electrons. The SMILES string of the molecule is CCCCCCCCN(CCCCCCCC)CC1CC(c2ccc(CO)cc2)OC(c2ccc(CNS(=O)(=O)c3ccccc3)cc2)O1. The highest BCUT2D eigenvalue weighted by molar-refractivity contribution is 7.89. The van der Waals surface area contributed by atoms with Gasteiger partial charge in [-0.3, -0.25) is 0 Å². The Labute approximate surface area is 296 Å². The molecule has 49 heavy (non-hydrogen) atoms. The number of nitrogens with one attached hydrogen (secondary N) is 1. The van der Waals surface area contributed by atoms with E-state index in [0.717, 1.165) is 48.3 Å². The number of unbranched alkanes of at least 4 members (excludes halogenated alkanes) is 10. The standard InChI is InChI=1S/C41H60N2O5S/c1-3-5-7-9-11-16-28-43(29-17-12-10-8-6-4-2)32-38-30-40(36-24-22-35(33-44)23-25-36)48-41(47-38)37-26-20-34(21-27-37)31-42-49(45,46)39-18-14-13-15-19-39/h13-15,18-27,38,40-42,44H,3-12,16-17,28-33H2,1-2H3. The van der Waals surface area contributed by atoms with E-state index < -0.39 is 16.3 Å². The van der Waals surface area contributed by atoms with Crippen LogP contribution in [0.2, 0.25) is 0 Å². The average molecular weight is 693 g/mol. The molecule has 0 bridgehead atoms. The van der Waals surface area contributed by atoms with Gasteiger partial charge in [-0.25, -0.2) is 13.1 Å². The fraction of sp³-hybridized carbons (Fsp3) is 0.561. The topological polar surface area (TPSA) is 88.1 Å². The van der Waals surface area contributed by atoms with Gasteiger partial charge < -0.3 is 19.5 Å². The van der Waals surface area contributed by atoms with Gasteiger partial charge in [0.05, 0.1) is 23.7 Å². The van der Waals surface area contributed by atoms with E-state index in [2.05, 4.69) is 35.6 Å². The minimum Gasteiger partial charge on any atom is -0.392 e. The zero-order valence-corrected chi connectivity index (χ0v) is 30.7. The molecule has 2 N–H and O–H groups in total. The van der Waals surface area contributed by atoms with Crippen molar-refractivity contribution in [1.82, 2.24) is 9.62 Å². The fourth-order valence-electron chi connectivity index (χ4n) is 6.50. The highest BCUT2D eigenvalue weighted by Crippen LogP contribution is 2.38. The maximum Gasteiger partial charge on any atom is 0.240 e. The van der Waals surface area contributed by atoms with Crippen LogP contribution in [0, 0.1) is 0 Å². The number of benzene rings is 3. The van der Waals surface area contributed by atoms with Gasteiger partial charge in [0.1, 0.15) is 0 Å². The van der Waals surface area contributed by atoms with Crippen molar-refractivity contribution >= 4 is 10.0 Å². The van der Waals surface area contributed by atoms with Gasteiger partial charge >= 0.3 is 0 Å². The molecular formula is C41H60N2O5S. The Bertz CT molecular complexity index is 1400. The number of hydrogen-bond acceptors (Lipinski definition) is 6. The van der Waals surface area contributed by atoms with E-state index in [4.69, 9.17) is 9.47 Å². The molecule has 8 heteroatoms. The molecule has 0 amide bonds. The van der Waals surface area contributed by atoms with Crippen molar-refractivity contribution in [3.05, 3.63) is 101 Å². The molecule has 0 saturated carbocycles. The maximum absolute atomic E-state index is 12.7. The molecule has 0 spiro atoms. The lowest BCUT2D eigenvalue weighted by atomic mass is 9.99. The van der Waals surface area contributed by atoms with Crippen molar-refractivity contribution in [3.63, 3.8) is 0 Å². The van der Waals surface area contributed by atoms with Crippen molar-refractivity contribution < 1.29 is 23.0 Å². The summed E-state index contributed by atoms with van der Waals surface area (Å²) in [6.45, 7) is 7.80. The van der Waals surface area contributed by atoms with Gasteiger partial charge in [0.25, 0.3) is 0 Å². The lowest BCUT2D eigenvalue weighted by Crippen LogP contribution is -2.40. The second kappa shape index (κ2) is 21.6. The summed E-state index contributed by atoms with van der Waals surface area (Å²) in [5.74, 6) is 0. The number of nitrogens with zero attached hydrogens (tertiary/aromatic N) is 1. The molecule has 1 heterocycles. The molecular weight excluding hydrogens is 633 g/mol. The molecule has 0 aliphatic carbocycles. The largest absolute Gasteiger partial charge is 0.392 e. The maximum atomic E-state index is 12.7. The van der Waals surface area contributed by atoms with Gasteiger partial charge in [-0.05, 0) is 54.8 Å². The third-order valence-electron chi connectivity index (χ3n) is 9.50. The second-order valence-corrected chi connectivity index (χ2v) is 15.3. The summed E-state index contributed by atoms with van der Waals surface area (Å²) in [5, 5.41) is 9.60. The van der Waals surface area contributed by atoms with Crippen LogP contribution >= 0.6 is 0 Å². The van der Waals surface area contributed by atoms with E-state index in [1.165, 1.54) is 77.0 Å². The Morgan fingerprint density at radius 3 is 1.84 bits per heavy atom. The third kappa shape index (κ3) is 13.6. The van der Waals surface area contributed by atoms with E-state index in [1.807, 2.05) is 36.4 Å². The summed E-state index contributed by atoms with van der Waals surface area (Å²) in [6, 6.07) is 24.3. The van der Waals surface area contributed by atoms with Gasteiger partial charge in [-0.15, -0.1) is 0 Å². The Morgan fingerprint density at radius 2 is 1.24 bits per heavy atom. The van der Waals surface area contributed by atoms with E-state index in [9.17, 15) is 13.5 Å². The van der Waals surface area contributed by atoms with Crippen molar-refractivity contribution in [3.8, 4) is 0 Å². The van der Waals surface area contributed by atoms with Crippen LogP contribution in [0.5, 0.6) is 0 Å². The van der Waals surface area contributed by atoms with Crippen molar-refractivity contribution in [2.45, 2.75) is 134 Å². The average Bonchev–Trinajstić information content (AvgIpc) is 3.14. The van der Waals surface area contributed by atoms with E-state index in [-0.39, 0.29) is 30.3 Å². The lowest BCUT2D eigenvalue weighted by Gasteiger charge is -2.38. The van der Waals surface area contributed by atoms with Crippen LogP contribution in [0.3, 0.4) is 0 Å². The first-order valence-electron chi connectivity index (χ1n) is 18.8. The number of aliphatic hydroxyl groups excluding tert-OH is 1. The Balaban J connectivity index is 1.44.